The van der Waals surface area contributed by atoms with Gasteiger partial charge in [-0.25, -0.2) is 4.79 Å². The van der Waals surface area contributed by atoms with E-state index in [1.165, 1.54) is 0 Å². The minimum atomic E-state index is -4.65. The lowest BCUT2D eigenvalue weighted by Crippen LogP contribution is -2.17. The van der Waals surface area contributed by atoms with Crippen molar-refractivity contribution in [2.75, 3.05) is 5.32 Å². The molecule has 0 radical (unpaired) electrons. The van der Waals surface area contributed by atoms with Crippen LogP contribution in [0.4, 0.5) is 18.9 Å². The Morgan fingerprint density at radius 3 is 2.18 bits per heavy atom. The van der Waals surface area contributed by atoms with Crippen LogP contribution in [0.25, 0.3) is 6.08 Å². The van der Waals surface area contributed by atoms with Gasteiger partial charge in [-0.3, -0.25) is 0 Å². The van der Waals surface area contributed by atoms with E-state index in [1.807, 2.05) is 60.6 Å². The summed E-state index contributed by atoms with van der Waals surface area (Å²) in [6, 6.07) is 4.88. The van der Waals surface area contributed by atoms with Gasteiger partial charge in [0.25, 0.3) is 0 Å². The van der Waals surface area contributed by atoms with Crippen molar-refractivity contribution in [1.29, 1.82) is 5.41 Å². The maximum Gasteiger partial charge on any atom is 0.416 e. The molecule has 7 heteroatoms. The third-order valence-electron chi connectivity index (χ3n) is 4.36. The molecule has 0 aromatic heterocycles. The summed E-state index contributed by atoms with van der Waals surface area (Å²) < 4.78 is 39.4. The molecule has 1 aromatic rings. The van der Waals surface area contributed by atoms with Crippen LogP contribution >= 0.6 is 0 Å². The summed E-state index contributed by atoms with van der Waals surface area (Å²) in [4.78, 5) is 11.5. The molecule has 0 saturated carbocycles. The Morgan fingerprint density at radius 1 is 1.18 bits per heavy atom. The maximum absolute atomic E-state index is 13.1. The van der Waals surface area contributed by atoms with Gasteiger partial charge in [0.15, 0.2) is 0 Å². The number of nitrogens with one attached hydrogen (secondary N) is 2. The summed E-state index contributed by atoms with van der Waals surface area (Å²) in [5.41, 5.74) is 0.447. The molecule has 0 heterocycles. The zero-order valence-electron chi connectivity index (χ0n) is 21.0. The number of carboxylic acids is 1. The zero-order chi connectivity index (χ0) is 26.2. The van der Waals surface area contributed by atoms with Crippen molar-refractivity contribution in [1.82, 2.24) is 0 Å². The number of anilines is 1. The molecule has 0 aliphatic heterocycles. The number of carboxylic acid groups (broad SMARTS) is 1. The number of allylic oxidation sites excluding steroid dienone is 4. The average Bonchev–Trinajstić information content (AvgIpc) is 2.80. The van der Waals surface area contributed by atoms with E-state index >= 15 is 0 Å². The van der Waals surface area contributed by atoms with Crippen LogP contribution < -0.4 is 5.32 Å². The highest BCUT2D eigenvalue weighted by atomic mass is 19.4. The quantitative estimate of drug-likeness (QED) is 0.193. The topological polar surface area (TPSA) is 73.2 Å². The Morgan fingerprint density at radius 2 is 1.76 bits per heavy atom. The number of alkyl halides is 3. The van der Waals surface area contributed by atoms with Crippen LogP contribution in [-0.4, -0.2) is 23.0 Å². The summed E-state index contributed by atoms with van der Waals surface area (Å²) in [6.45, 7) is 15.3. The van der Waals surface area contributed by atoms with Crippen molar-refractivity contribution < 1.29 is 23.1 Å². The number of benzene rings is 1. The van der Waals surface area contributed by atoms with Crippen molar-refractivity contribution in [3.8, 4) is 0 Å². The highest BCUT2D eigenvalue weighted by molar-refractivity contribution is 6.03. The number of halogens is 3. The predicted molar refractivity (Wildman–Crippen MR) is 134 cm³/mol. The van der Waals surface area contributed by atoms with Crippen LogP contribution in [0, 0.1) is 11.3 Å². The van der Waals surface area contributed by atoms with E-state index in [0.717, 1.165) is 18.1 Å². The molecule has 0 fully saturated rings. The Balaban J connectivity index is 0. The van der Waals surface area contributed by atoms with E-state index in [0.29, 0.717) is 23.0 Å². The number of aliphatic carboxylic acids is 1. The molecular weight excluding hydrogens is 429 g/mol. The molecule has 4 nitrogen and oxygen atoms in total. The SMILES string of the molecule is C/C=C\c1ccc(N/C(=C\C(=C\CC)C(F)(F)F)C(=O)O)cc1C(=N)C(C)CC.CC.CC. The molecule has 186 valence electrons. The number of rotatable bonds is 9. The van der Waals surface area contributed by atoms with Gasteiger partial charge in [0, 0.05) is 17.0 Å². The van der Waals surface area contributed by atoms with E-state index in [2.05, 4.69) is 5.32 Å². The molecule has 1 unspecified atom stereocenters. The second-order valence-electron chi connectivity index (χ2n) is 6.58. The van der Waals surface area contributed by atoms with E-state index in [1.54, 1.807) is 25.1 Å². The molecule has 0 saturated heterocycles. The van der Waals surface area contributed by atoms with Gasteiger partial charge in [0.1, 0.15) is 5.70 Å². The molecule has 0 aliphatic rings. The van der Waals surface area contributed by atoms with Gasteiger partial charge in [-0.2, -0.15) is 13.2 Å². The van der Waals surface area contributed by atoms with Crippen molar-refractivity contribution in [2.45, 2.75) is 74.4 Å². The number of hydrogen-bond donors (Lipinski definition) is 3. The van der Waals surface area contributed by atoms with Crippen LogP contribution in [0.2, 0.25) is 0 Å². The standard InChI is InChI=1S/C22H27F3N2O2.2C2H6/c1-5-8-15-10-11-17(13-18(15)20(26)14(4)7-3)27-19(21(28)29)12-16(9-6-2)22(23,24)25;2*1-2/h5,8-14,26-27H,6-7H2,1-4H3,(H,28,29);2*1-2H3/b8-5-,16-9-,19-12-,26-20?;;. The highest BCUT2D eigenvalue weighted by Gasteiger charge is 2.32. The zero-order valence-corrected chi connectivity index (χ0v) is 21.0. The summed E-state index contributed by atoms with van der Waals surface area (Å²) >= 11 is 0. The van der Waals surface area contributed by atoms with Crippen LogP contribution in [0.3, 0.4) is 0 Å². The summed E-state index contributed by atoms with van der Waals surface area (Å²) in [5.74, 6) is -1.53. The van der Waals surface area contributed by atoms with E-state index in [9.17, 15) is 23.1 Å². The first-order chi connectivity index (χ1) is 15.5. The molecule has 1 atom stereocenters. The molecule has 1 rings (SSSR count). The summed E-state index contributed by atoms with van der Waals surface area (Å²) in [5, 5.41) is 20.4. The maximum atomic E-state index is 13.1. The highest BCUT2D eigenvalue weighted by Crippen LogP contribution is 2.29. The lowest BCUT2D eigenvalue weighted by molar-refractivity contribution is -0.132. The molecule has 1 aromatic carbocycles. The first kappa shape index (κ1) is 32.4. The van der Waals surface area contributed by atoms with E-state index in [-0.39, 0.29) is 12.3 Å². The van der Waals surface area contributed by atoms with Crippen LogP contribution in [0.15, 0.2) is 47.7 Å². The minimum Gasteiger partial charge on any atom is -0.477 e. The monoisotopic (exact) mass is 468 g/mol. The number of carbonyl (C=O) groups is 1. The van der Waals surface area contributed by atoms with Gasteiger partial charge in [-0.1, -0.05) is 72.8 Å². The normalized spacial score (nSPS) is 12.8. The summed E-state index contributed by atoms with van der Waals surface area (Å²) in [6.07, 6.45) is 1.39. The molecule has 0 bridgehead atoms. The fraction of sp³-hybridized carbons (Fsp3) is 0.462. The van der Waals surface area contributed by atoms with Gasteiger partial charge >= 0.3 is 12.1 Å². The molecule has 33 heavy (non-hydrogen) atoms. The predicted octanol–water partition coefficient (Wildman–Crippen LogP) is 8.47. The Hall–Kier alpha value is -2.83. The fourth-order valence-corrected chi connectivity index (χ4v) is 2.60. The smallest absolute Gasteiger partial charge is 0.416 e. The van der Waals surface area contributed by atoms with Crippen LogP contribution in [0.5, 0.6) is 0 Å². The third-order valence-corrected chi connectivity index (χ3v) is 4.36. The fourth-order valence-electron chi connectivity index (χ4n) is 2.60. The van der Waals surface area contributed by atoms with E-state index < -0.39 is 23.4 Å². The largest absolute Gasteiger partial charge is 0.477 e. The Labute approximate surface area is 196 Å². The third kappa shape index (κ3) is 11.0. The van der Waals surface area contributed by atoms with Gasteiger partial charge in [0.05, 0.1) is 5.57 Å². The van der Waals surface area contributed by atoms with Crippen molar-refractivity contribution >= 4 is 23.4 Å². The lowest BCUT2D eigenvalue weighted by atomic mass is 9.92. The van der Waals surface area contributed by atoms with Crippen LogP contribution in [0.1, 0.15) is 79.4 Å². The molecule has 0 spiro atoms. The Kier molecular flexibility index (Phi) is 16.4. The lowest BCUT2D eigenvalue weighted by Gasteiger charge is -2.16. The van der Waals surface area contributed by atoms with Crippen molar-refractivity contribution in [2.24, 2.45) is 5.92 Å². The second-order valence-corrected chi connectivity index (χ2v) is 6.58. The molecular formula is C26H39F3N2O2. The first-order valence-corrected chi connectivity index (χ1v) is 11.4. The van der Waals surface area contributed by atoms with Crippen molar-refractivity contribution in [3.05, 3.63) is 58.8 Å². The van der Waals surface area contributed by atoms with Crippen LogP contribution in [-0.2, 0) is 4.79 Å². The molecule has 3 N–H and O–H groups in total. The Bertz CT molecular complexity index is 838. The van der Waals surface area contributed by atoms with Gasteiger partial charge < -0.3 is 15.8 Å². The van der Waals surface area contributed by atoms with Gasteiger partial charge in [-0.15, -0.1) is 0 Å². The average molecular weight is 469 g/mol. The van der Waals surface area contributed by atoms with Gasteiger partial charge in [-0.05, 0) is 49.5 Å². The second kappa shape index (κ2) is 16.8. The molecule has 0 aliphatic carbocycles. The molecule has 0 amide bonds. The van der Waals surface area contributed by atoms with Gasteiger partial charge in [0.2, 0.25) is 0 Å². The number of hydrogen-bond acceptors (Lipinski definition) is 3. The minimum absolute atomic E-state index is 0.0203. The van der Waals surface area contributed by atoms with Crippen molar-refractivity contribution in [3.63, 3.8) is 0 Å². The summed E-state index contributed by atoms with van der Waals surface area (Å²) in [7, 11) is 0. The first-order valence-electron chi connectivity index (χ1n) is 11.4. The van der Waals surface area contributed by atoms with E-state index in [4.69, 9.17) is 5.41 Å².